The molecule has 0 radical (unpaired) electrons. The molecular weight excluding hydrogens is 364 g/mol. The Morgan fingerprint density at radius 1 is 1.22 bits per heavy atom. The number of nitrogens with one attached hydrogen (secondary N) is 1. The molecule has 132 valence electrons. The van der Waals surface area contributed by atoms with Crippen LogP contribution in [0.1, 0.15) is 16.9 Å². The number of ether oxygens (including phenoxy) is 1. The van der Waals surface area contributed by atoms with Crippen LogP contribution in [0.25, 0.3) is 17.0 Å². The average Bonchev–Trinajstić information content (AvgIpc) is 3.22. The largest absolute Gasteiger partial charge is 0.497 e. The monoisotopic (exact) mass is 376 g/mol. The number of furan rings is 1. The van der Waals surface area contributed by atoms with E-state index in [0.717, 1.165) is 28.5 Å². The van der Waals surface area contributed by atoms with Crippen molar-refractivity contribution in [2.45, 2.75) is 0 Å². The fraction of sp³-hybridized carbons (Fsp3) is 0.0500. The van der Waals surface area contributed by atoms with Crippen LogP contribution in [-0.2, 0) is 4.79 Å². The van der Waals surface area contributed by atoms with Gasteiger partial charge in [-0.25, -0.2) is 0 Å². The maximum Gasteiger partial charge on any atom is 0.290 e. The van der Waals surface area contributed by atoms with E-state index < -0.39 is 11.1 Å². The number of rotatable bonds is 2. The first kappa shape index (κ1) is 16.9. The third kappa shape index (κ3) is 3.57. The van der Waals surface area contributed by atoms with E-state index in [2.05, 4.69) is 22.1 Å². The SMILES string of the molecule is COc1cccc(C#Cc2cncc3cc(/C=C4\SC(=O)NC4=O)oc23)c1. The molecule has 7 heteroatoms. The zero-order chi connectivity index (χ0) is 18.8. The number of hydrogen-bond acceptors (Lipinski definition) is 6. The highest BCUT2D eigenvalue weighted by atomic mass is 32.2. The van der Waals surface area contributed by atoms with Crippen molar-refractivity contribution >= 4 is 40.0 Å². The van der Waals surface area contributed by atoms with Crippen molar-refractivity contribution in [2.75, 3.05) is 7.11 Å². The van der Waals surface area contributed by atoms with Crippen LogP contribution in [0.3, 0.4) is 0 Å². The van der Waals surface area contributed by atoms with Gasteiger partial charge < -0.3 is 9.15 Å². The van der Waals surface area contributed by atoms with Gasteiger partial charge in [-0.3, -0.25) is 19.9 Å². The number of benzene rings is 1. The maximum atomic E-state index is 11.7. The quantitative estimate of drug-likeness (QED) is 0.544. The van der Waals surface area contributed by atoms with Gasteiger partial charge in [0.2, 0.25) is 0 Å². The summed E-state index contributed by atoms with van der Waals surface area (Å²) in [4.78, 5) is 27.4. The Morgan fingerprint density at radius 3 is 2.89 bits per heavy atom. The molecule has 4 rings (SSSR count). The van der Waals surface area contributed by atoms with Crippen molar-refractivity contribution in [1.82, 2.24) is 10.3 Å². The predicted octanol–water partition coefficient (Wildman–Crippen LogP) is 3.56. The van der Waals surface area contributed by atoms with E-state index in [1.165, 1.54) is 6.08 Å². The molecule has 0 unspecified atom stereocenters. The molecule has 1 saturated heterocycles. The van der Waals surface area contributed by atoms with Crippen LogP contribution in [-0.4, -0.2) is 23.2 Å². The van der Waals surface area contributed by atoms with E-state index in [0.29, 0.717) is 16.9 Å². The maximum absolute atomic E-state index is 11.7. The molecule has 2 aromatic heterocycles. The summed E-state index contributed by atoms with van der Waals surface area (Å²) in [6, 6.07) is 9.19. The number of nitrogens with zero attached hydrogens (tertiary/aromatic N) is 1. The van der Waals surface area contributed by atoms with Gasteiger partial charge >= 0.3 is 0 Å². The Balaban J connectivity index is 1.70. The molecule has 0 saturated carbocycles. The minimum absolute atomic E-state index is 0.288. The normalized spacial score (nSPS) is 14.9. The number of aromatic nitrogens is 1. The van der Waals surface area contributed by atoms with Gasteiger partial charge in [0.25, 0.3) is 11.1 Å². The van der Waals surface area contributed by atoms with Crippen molar-refractivity contribution in [1.29, 1.82) is 0 Å². The third-order valence-electron chi connectivity index (χ3n) is 3.77. The summed E-state index contributed by atoms with van der Waals surface area (Å²) >= 11 is 0.840. The van der Waals surface area contributed by atoms with E-state index >= 15 is 0 Å². The van der Waals surface area contributed by atoms with Gasteiger partial charge in [0.1, 0.15) is 11.5 Å². The lowest BCUT2D eigenvalue weighted by Gasteiger charge is -1.98. The second-order valence-electron chi connectivity index (χ2n) is 5.59. The van der Waals surface area contributed by atoms with E-state index in [4.69, 9.17) is 9.15 Å². The number of amides is 2. The second-order valence-corrected chi connectivity index (χ2v) is 6.60. The molecule has 6 nitrogen and oxygen atoms in total. The third-order valence-corrected chi connectivity index (χ3v) is 4.58. The van der Waals surface area contributed by atoms with Crippen LogP contribution >= 0.6 is 11.8 Å². The van der Waals surface area contributed by atoms with Gasteiger partial charge in [-0.15, -0.1) is 0 Å². The van der Waals surface area contributed by atoms with Crippen LogP contribution in [0.5, 0.6) is 5.75 Å². The van der Waals surface area contributed by atoms with Gasteiger partial charge in [0.15, 0.2) is 5.58 Å². The standard InChI is InChI=1S/C20H12N2O4S/c1-25-15-4-2-3-12(7-15)5-6-13-10-21-11-14-8-16(26-18(13)14)9-17-19(23)22-20(24)27-17/h2-4,7-11H,1H3,(H,22,23,24)/b17-9-. The fourth-order valence-corrected chi connectivity index (χ4v) is 3.20. The zero-order valence-corrected chi connectivity index (χ0v) is 14.9. The number of methoxy groups -OCH3 is 1. The molecule has 27 heavy (non-hydrogen) atoms. The Kier molecular flexibility index (Phi) is 4.40. The molecule has 1 aromatic carbocycles. The first-order valence-electron chi connectivity index (χ1n) is 7.91. The number of pyridine rings is 1. The Labute approximate surface area is 158 Å². The van der Waals surface area contributed by atoms with E-state index in [-0.39, 0.29) is 4.91 Å². The van der Waals surface area contributed by atoms with Gasteiger partial charge in [-0.1, -0.05) is 17.9 Å². The van der Waals surface area contributed by atoms with Gasteiger partial charge in [0.05, 0.1) is 17.6 Å². The fourth-order valence-electron chi connectivity index (χ4n) is 2.53. The molecule has 0 aliphatic carbocycles. The topological polar surface area (TPSA) is 81.4 Å². The highest BCUT2D eigenvalue weighted by molar-refractivity contribution is 8.18. The summed E-state index contributed by atoms with van der Waals surface area (Å²) < 4.78 is 11.0. The lowest BCUT2D eigenvalue weighted by atomic mass is 10.2. The number of fused-ring (bicyclic) bond motifs is 1. The summed E-state index contributed by atoms with van der Waals surface area (Å²) in [5.74, 6) is 6.87. The number of carbonyl (C=O) groups excluding carboxylic acids is 2. The molecule has 0 spiro atoms. The van der Waals surface area contributed by atoms with E-state index in [1.807, 2.05) is 24.3 Å². The molecule has 1 aliphatic rings. The summed E-state index contributed by atoms with van der Waals surface area (Å²) in [6.45, 7) is 0. The molecule has 3 aromatic rings. The number of imide groups is 1. The number of thioether (sulfide) groups is 1. The molecule has 0 atom stereocenters. The molecular formula is C20H12N2O4S. The van der Waals surface area contributed by atoms with Crippen LogP contribution in [0.4, 0.5) is 4.79 Å². The zero-order valence-electron chi connectivity index (χ0n) is 14.1. The van der Waals surface area contributed by atoms with E-state index in [1.54, 1.807) is 25.6 Å². The lowest BCUT2D eigenvalue weighted by molar-refractivity contribution is -0.115. The van der Waals surface area contributed by atoms with Crippen LogP contribution in [0.2, 0.25) is 0 Å². The molecule has 0 bridgehead atoms. The predicted molar refractivity (Wildman–Crippen MR) is 102 cm³/mol. The van der Waals surface area contributed by atoms with Crippen molar-refractivity contribution in [2.24, 2.45) is 0 Å². The lowest BCUT2D eigenvalue weighted by Crippen LogP contribution is -2.17. The Bertz CT molecular complexity index is 1170. The van der Waals surface area contributed by atoms with Crippen molar-refractivity contribution in [3.63, 3.8) is 0 Å². The number of carbonyl (C=O) groups is 2. The average molecular weight is 376 g/mol. The highest BCUT2D eigenvalue weighted by Gasteiger charge is 2.25. The smallest absolute Gasteiger partial charge is 0.290 e. The first-order chi connectivity index (χ1) is 13.1. The van der Waals surface area contributed by atoms with Gasteiger partial charge in [0, 0.05) is 29.4 Å². The Morgan fingerprint density at radius 2 is 2.11 bits per heavy atom. The van der Waals surface area contributed by atoms with Crippen LogP contribution < -0.4 is 10.1 Å². The first-order valence-corrected chi connectivity index (χ1v) is 8.72. The minimum atomic E-state index is -0.429. The number of hydrogen-bond donors (Lipinski definition) is 1. The summed E-state index contributed by atoms with van der Waals surface area (Å²) in [5.41, 5.74) is 2.00. The minimum Gasteiger partial charge on any atom is -0.497 e. The van der Waals surface area contributed by atoms with Crippen molar-refractivity contribution in [3.05, 3.63) is 64.5 Å². The van der Waals surface area contributed by atoms with Crippen molar-refractivity contribution in [3.8, 4) is 17.6 Å². The molecule has 1 N–H and O–H groups in total. The van der Waals surface area contributed by atoms with Gasteiger partial charge in [-0.05, 0) is 36.0 Å². The van der Waals surface area contributed by atoms with Crippen LogP contribution in [0, 0.1) is 11.8 Å². The van der Waals surface area contributed by atoms with Gasteiger partial charge in [-0.2, -0.15) is 0 Å². The molecule has 3 heterocycles. The summed E-state index contributed by atoms with van der Waals surface area (Å²) in [5, 5.41) is 2.57. The highest BCUT2D eigenvalue weighted by Crippen LogP contribution is 2.28. The van der Waals surface area contributed by atoms with E-state index in [9.17, 15) is 9.59 Å². The molecule has 2 amide bonds. The second kappa shape index (κ2) is 7.02. The van der Waals surface area contributed by atoms with Crippen molar-refractivity contribution < 1.29 is 18.7 Å². The van der Waals surface area contributed by atoms with Crippen LogP contribution in [0.15, 0.2) is 52.0 Å². The summed E-state index contributed by atoms with van der Waals surface area (Å²) in [6.07, 6.45) is 4.81. The summed E-state index contributed by atoms with van der Waals surface area (Å²) in [7, 11) is 1.60. The molecule has 1 aliphatic heterocycles. The molecule has 1 fully saturated rings. The Hall–Kier alpha value is -3.50.